The van der Waals surface area contributed by atoms with Crippen molar-refractivity contribution in [2.45, 2.75) is 60.5 Å². The maximum Gasteiger partial charge on any atom is 2.00 e. The van der Waals surface area contributed by atoms with E-state index < -0.39 is 162 Å². The van der Waals surface area contributed by atoms with Crippen molar-refractivity contribution < 1.29 is 90.0 Å². The molecule has 0 aliphatic heterocycles. The number of nitrogens with two attached hydrogens (primary N) is 2. The summed E-state index contributed by atoms with van der Waals surface area (Å²) in [4.78, 5) is 79.3. The Morgan fingerprint density at radius 1 is 0.597 bits per heavy atom. The van der Waals surface area contributed by atoms with Crippen molar-refractivity contribution in [1.29, 1.82) is 0 Å². The van der Waals surface area contributed by atoms with Crippen LogP contribution in [0.5, 0.6) is 11.5 Å². The molecule has 23 heteroatoms. The monoisotopic (exact) mass is 958 g/mol. The van der Waals surface area contributed by atoms with E-state index in [0.29, 0.717) is 0 Å². The summed E-state index contributed by atoms with van der Waals surface area (Å²) in [7, 11) is 5.55. The van der Waals surface area contributed by atoms with Crippen molar-refractivity contribution in [3.05, 3.63) is 104 Å². The van der Waals surface area contributed by atoms with Gasteiger partial charge in [0.25, 0.3) is 11.8 Å². The van der Waals surface area contributed by atoms with Gasteiger partial charge in [0.15, 0.2) is 22.8 Å². The van der Waals surface area contributed by atoms with Crippen molar-refractivity contribution in [3.63, 3.8) is 0 Å². The quantitative estimate of drug-likeness (QED) is 0.101. The second kappa shape index (κ2) is 16.5. The van der Waals surface area contributed by atoms with E-state index in [2.05, 4.69) is 0 Å². The Kier molecular flexibility index (Phi) is 12.6. The smallest absolute Gasteiger partial charge is 0.874 e. The van der Waals surface area contributed by atoms with Gasteiger partial charge in [-0.05, 0) is 65.3 Å². The van der Waals surface area contributed by atoms with E-state index in [9.17, 15) is 90.0 Å². The first-order valence-electron chi connectivity index (χ1n) is 20.1. The Morgan fingerprint density at radius 3 is 1.16 bits per heavy atom. The van der Waals surface area contributed by atoms with Crippen LogP contribution < -0.4 is 21.7 Å². The Balaban J connectivity index is 0.000000218. The number of phenols is 2. The Hall–Kier alpha value is -5.24. The van der Waals surface area contributed by atoms with Crippen molar-refractivity contribution in [2.75, 3.05) is 28.2 Å². The summed E-state index contributed by atoms with van der Waals surface area (Å²) in [6, 6.07) is 4.79. The van der Waals surface area contributed by atoms with Gasteiger partial charge in [0.05, 0.1) is 68.7 Å². The fraction of sp³-hybridized carbons (Fsp3) is 0.409. The summed E-state index contributed by atoms with van der Waals surface area (Å²) < 4.78 is 0. The fourth-order valence-electron chi connectivity index (χ4n) is 11.2. The zero-order valence-corrected chi connectivity index (χ0v) is 38.8. The number of Topliss-reactive ketones (excluding diaryl/α,β-unsaturated/α-hetero) is 4. The number of aliphatic hydroxyl groups is 8. The van der Waals surface area contributed by atoms with Gasteiger partial charge in [0.1, 0.15) is 23.0 Å². The maximum absolute atomic E-state index is 13.3. The summed E-state index contributed by atoms with van der Waals surface area (Å²) in [5, 5.41) is 137. The summed E-state index contributed by atoms with van der Waals surface area (Å²) in [5.41, 5.74) is -4.28. The van der Waals surface area contributed by atoms with Crippen molar-refractivity contribution >= 4 is 72.7 Å². The van der Waals surface area contributed by atoms with Crippen LogP contribution in [-0.4, -0.2) is 197 Å². The molecule has 0 radical (unpaired) electrons. The molecule has 0 saturated carbocycles. The molecule has 2 aromatic rings. The van der Waals surface area contributed by atoms with Gasteiger partial charge in [-0.3, -0.25) is 28.8 Å². The van der Waals surface area contributed by atoms with Crippen LogP contribution in [0.4, 0.5) is 0 Å². The molecule has 0 unspecified atom stereocenters. The van der Waals surface area contributed by atoms with Gasteiger partial charge in [-0.25, -0.2) is 0 Å². The average Bonchev–Trinajstić information content (AvgIpc) is 3.20. The van der Waals surface area contributed by atoms with Crippen LogP contribution in [0, 0.1) is 23.7 Å². The van der Waals surface area contributed by atoms with Gasteiger partial charge in [0.2, 0.25) is 11.6 Å². The van der Waals surface area contributed by atoms with Gasteiger partial charge in [0, 0.05) is 23.9 Å². The SMILES string of the molecule is CN(C)[C@@H]1C([O-])=C(C(N)=O)C(=O)[C@@]2(O)C(O)=C3C(=O)c4c(O)cccc4[C@@](C)(O)[C@H]3[C@H](O)[C@@H]12.CN(C)[C@@H]1C([O-])=C(C(N)=O)C(=O)[C@@]2(O)C(O)=C3C(=O)c4c(O)cccc4[C@@](C)(O)[C@H]3[C@H](O)[C@@H]12.[Ca+2]. The molecule has 12 atom stereocenters. The number of hydrogen-bond acceptors (Lipinski definition) is 20. The second-order valence-electron chi connectivity index (χ2n) is 18.1. The van der Waals surface area contributed by atoms with Crippen LogP contribution in [0.15, 0.2) is 81.7 Å². The molecule has 0 saturated heterocycles. The second-order valence-corrected chi connectivity index (χ2v) is 18.1. The molecule has 0 spiro atoms. The van der Waals surface area contributed by atoms with Crippen LogP contribution in [0.3, 0.4) is 0 Å². The molecule has 14 N–H and O–H groups in total. The minimum Gasteiger partial charge on any atom is -0.874 e. The van der Waals surface area contributed by atoms with Gasteiger partial charge in [-0.2, -0.15) is 0 Å². The van der Waals surface area contributed by atoms with E-state index in [0.717, 1.165) is 0 Å². The third-order valence-electron chi connectivity index (χ3n) is 14.0. The molecule has 0 aromatic heterocycles. The topological polar surface area (TPSA) is 409 Å². The molecule has 0 bridgehead atoms. The Morgan fingerprint density at radius 2 is 0.896 bits per heavy atom. The number of carbonyl (C=O) groups excluding carboxylic acids is 6. The number of benzene rings is 2. The first-order valence-corrected chi connectivity index (χ1v) is 20.1. The molecule has 352 valence electrons. The molecule has 67 heavy (non-hydrogen) atoms. The largest absolute Gasteiger partial charge is 2.00 e. The van der Waals surface area contributed by atoms with E-state index in [1.165, 1.54) is 88.2 Å². The number of fused-ring (bicyclic) bond motifs is 6. The maximum atomic E-state index is 13.3. The molecule has 0 heterocycles. The van der Waals surface area contributed by atoms with Gasteiger partial charge >= 0.3 is 37.7 Å². The summed E-state index contributed by atoms with van der Waals surface area (Å²) in [6.07, 6.45) is -3.82. The number of rotatable bonds is 4. The molecule has 6 aliphatic carbocycles. The van der Waals surface area contributed by atoms with Crippen LogP contribution in [0.2, 0.25) is 0 Å². The average molecular weight is 959 g/mol. The third kappa shape index (κ3) is 6.57. The Labute approximate surface area is 409 Å². The van der Waals surface area contributed by atoms with Crippen LogP contribution in [-0.2, 0) is 30.4 Å². The van der Waals surface area contributed by atoms with E-state index in [1.807, 2.05) is 0 Å². The van der Waals surface area contributed by atoms with Crippen LogP contribution in [0.1, 0.15) is 45.7 Å². The van der Waals surface area contributed by atoms with Gasteiger partial charge in [-0.15, -0.1) is 0 Å². The number of aliphatic hydroxyl groups excluding tert-OH is 4. The zero-order valence-electron chi connectivity index (χ0n) is 36.6. The number of ketones is 4. The van der Waals surface area contributed by atoms with Crippen molar-refractivity contribution in [2.24, 2.45) is 35.1 Å². The number of primary amides is 2. The normalized spacial score (nSPS) is 35.4. The number of aromatic hydroxyl groups is 2. The van der Waals surface area contributed by atoms with E-state index >= 15 is 0 Å². The molecule has 0 fully saturated rings. The zero-order chi connectivity index (χ0) is 49.6. The minimum absolute atomic E-state index is 0. The van der Waals surface area contributed by atoms with Gasteiger partial charge in [-0.1, -0.05) is 35.8 Å². The number of nitrogens with zero attached hydrogens (tertiary/aromatic N) is 2. The van der Waals surface area contributed by atoms with Crippen LogP contribution in [0.25, 0.3) is 0 Å². The molecular weight excluding hydrogens is 913 g/mol. The summed E-state index contributed by atoms with van der Waals surface area (Å²) in [5.74, 6) is -20.4. The van der Waals surface area contributed by atoms with Gasteiger partial charge < -0.3 is 82.5 Å². The van der Waals surface area contributed by atoms with E-state index in [1.54, 1.807) is 0 Å². The molecular formula is C44H46CaN4O18. The fourth-order valence-corrected chi connectivity index (χ4v) is 11.2. The number of carbonyl (C=O) groups is 6. The van der Waals surface area contributed by atoms with E-state index in [4.69, 9.17) is 11.5 Å². The third-order valence-corrected chi connectivity index (χ3v) is 14.0. The molecule has 6 aliphatic rings. The predicted molar refractivity (Wildman–Crippen MR) is 222 cm³/mol. The Bertz CT molecular complexity index is 2560. The van der Waals surface area contributed by atoms with Crippen molar-refractivity contribution in [1.82, 2.24) is 9.80 Å². The number of phenolic OH excluding ortho intramolecular Hbond substituents is 2. The summed E-state index contributed by atoms with van der Waals surface area (Å²) >= 11 is 0. The first-order chi connectivity index (χ1) is 30.4. The van der Waals surface area contributed by atoms with Crippen LogP contribution >= 0.6 is 0 Å². The van der Waals surface area contributed by atoms with Crippen molar-refractivity contribution in [3.8, 4) is 11.5 Å². The van der Waals surface area contributed by atoms with E-state index in [-0.39, 0.29) is 60.0 Å². The molecule has 8 rings (SSSR count). The first kappa shape index (κ1) is 51.2. The molecule has 2 amide bonds. The number of likely N-dealkylation sites (N-methyl/N-ethyl adjacent to an activating group) is 2. The standard InChI is InChI=1S/2C22H24N2O9.Ca/c2*1-21(32)7-5-4-6-8(25)9(7)15(26)10-12(21)17(28)13-14(24(2)3)16(27)11(20(23)31)19(30)22(13,33)18(10)29;/h2*4-6,12-14,17,25,27-29,32-33H,1-3H3,(H2,23,31);/q;;+2/p-2/t2*12-,13-,14+,17+,21-,22+;/m11./s1. The number of hydrogen-bond donors (Lipinski definition) is 12. The molecule has 2 aromatic carbocycles. The predicted octanol–water partition coefficient (Wildman–Crippen LogP) is -5.26. The molecule has 22 nitrogen and oxygen atoms in total. The summed E-state index contributed by atoms with van der Waals surface area (Å²) in [6.45, 7) is 2.47. The number of amides is 2. The minimum atomic E-state index is -3.06.